The predicted octanol–water partition coefficient (Wildman–Crippen LogP) is 4.09. The molecule has 3 nitrogen and oxygen atoms in total. The summed E-state index contributed by atoms with van der Waals surface area (Å²) in [5, 5.41) is 3.13. The molecule has 0 aliphatic rings. The lowest BCUT2D eigenvalue weighted by Gasteiger charge is -2.14. The van der Waals surface area contributed by atoms with Gasteiger partial charge < -0.3 is 5.32 Å². The van der Waals surface area contributed by atoms with Crippen molar-refractivity contribution < 1.29 is 0 Å². The highest BCUT2D eigenvalue weighted by Gasteiger charge is 2.13. The Hall–Kier alpha value is -1.90. The van der Waals surface area contributed by atoms with E-state index in [1.807, 2.05) is 31.3 Å². The Labute approximate surface area is 115 Å². The van der Waals surface area contributed by atoms with Gasteiger partial charge in [-0.2, -0.15) is 0 Å². The average molecular weight is 255 g/mol. The average Bonchev–Trinajstić information content (AvgIpc) is 2.49. The molecule has 0 aliphatic carbocycles. The number of nitrogens with zero attached hydrogens (tertiary/aromatic N) is 2. The molecule has 2 aromatic rings. The van der Waals surface area contributed by atoms with Crippen molar-refractivity contribution >= 4 is 5.82 Å². The molecule has 0 amide bonds. The summed E-state index contributed by atoms with van der Waals surface area (Å²) in [5.74, 6) is 2.25. The Morgan fingerprint density at radius 3 is 2.32 bits per heavy atom. The highest BCUT2D eigenvalue weighted by molar-refractivity contribution is 5.62. The van der Waals surface area contributed by atoms with Crippen LogP contribution in [0.5, 0.6) is 0 Å². The third-order valence-corrected chi connectivity index (χ3v) is 3.42. The van der Waals surface area contributed by atoms with E-state index in [1.165, 1.54) is 0 Å². The van der Waals surface area contributed by atoms with Crippen molar-refractivity contribution in [3.8, 4) is 11.3 Å². The largest absolute Gasteiger partial charge is 0.373 e. The second-order valence-electron chi connectivity index (χ2n) is 4.63. The Morgan fingerprint density at radius 2 is 1.74 bits per heavy atom. The van der Waals surface area contributed by atoms with Crippen LogP contribution in [-0.4, -0.2) is 17.0 Å². The Morgan fingerprint density at radius 1 is 1.05 bits per heavy atom. The minimum absolute atomic E-state index is 0.427. The van der Waals surface area contributed by atoms with Gasteiger partial charge in [0.15, 0.2) is 0 Å². The number of rotatable bonds is 5. The van der Waals surface area contributed by atoms with Gasteiger partial charge in [0.2, 0.25) is 0 Å². The molecule has 0 bridgehead atoms. The van der Waals surface area contributed by atoms with E-state index >= 15 is 0 Å². The topological polar surface area (TPSA) is 37.8 Å². The second-order valence-corrected chi connectivity index (χ2v) is 4.63. The molecule has 0 atom stereocenters. The first-order chi connectivity index (χ1) is 9.28. The zero-order valence-electron chi connectivity index (χ0n) is 11.9. The third kappa shape index (κ3) is 3.11. The fourth-order valence-electron chi connectivity index (χ4n) is 2.19. The fraction of sp³-hybridized carbons (Fsp3) is 0.375. The molecule has 19 heavy (non-hydrogen) atoms. The zero-order valence-corrected chi connectivity index (χ0v) is 11.9. The monoisotopic (exact) mass is 255 g/mol. The quantitative estimate of drug-likeness (QED) is 0.874. The molecule has 1 aromatic heterocycles. The third-order valence-electron chi connectivity index (χ3n) is 3.42. The molecule has 100 valence electrons. The van der Waals surface area contributed by atoms with Crippen molar-refractivity contribution in [2.24, 2.45) is 0 Å². The van der Waals surface area contributed by atoms with Gasteiger partial charge in [-0.05, 0) is 12.8 Å². The molecule has 0 aliphatic heterocycles. The molecular formula is C16H21N3. The van der Waals surface area contributed by atoms with Crippen molar-refractivity contribution in [1.82, 2.24) is 9.97 Å². The van der Waals surface area contributed by atoms with E-state index in [-0.39, 0.29) is 0 Å². The van der Waals surface area contributed by atoms with Crippen LogP contribution in [0.25, 0.3) is 11.3 Å². The van der Waals surface area contributed by atoms with Gasteiger partial charge in [0.05, 0.1) is 5.69 Å². The predicted molar refractivity (Wildman–Crippen MR) is 80.3 cm³/mol. The van der Waals surface area contributed by atoms with Gasteiger partial charge >= 0.3 is 0 Å². The van der Waals surface area contributed by atoms with E-state index in [0.717, 1.165) is 35.7 Å². The van der Waals surface area contributed by atoms with Gasteiger partial charge in [-0.15, -0.1) is 0 Å². The lowest BCUT2D eigenvalue weighted by molar-refractivity contribution is 0.603. The summed E-state index contributed by atoms with van der Waals surface area (Å²) in [5.41, 5.74) is 2.12. The van der Waals surface area contributed by atoms with Crippen LogP contribution in [0.2, 0.25) is 0 Å². The highest BCUT2D eigenvalue weighted by Crippen LogP contribution is 2.25. The van der Waals surface area contributed by atoms with Gasteiger partial charge in [-0.25, -0.2) is 9.97 Å². The van der Waals surface area contributed by atoms with Crippen LogP contribution in [0.15, 0.2) is 36.4 Å². The lowest BCUT2D eigenvalue weighted by Crippen LogP contribution is -2.06. The van der Waals surface area contributed by atoms with Crippen LogP contribution in [0.3, 0.4) is 0 Å². The molecule has 1 N–H and O–H groups in total. The molecule has 1 heterocycles. The maximum atomic E-state index is 4.74. The molecule has 0 saturated heterocycles. The minimum atomic E-state index is 0.427. The van der Waals surface area contributed by atoms with Gasteiger partial charge in [-0.1, -0.05) is 44.2 Å². The van der Waals surface area contributed by atoms with E-state index in [4.69, 9.17) is 4.98 Å². The van der Waals surface area contributed by atoms with E-state index in [1.54, 1.807) is 0 Å². The molecule has 2 rings (SSSR count). The second kappa shape index (κ2) is 6.32. The van der Waals surface area contributed by atoms with Gasteiger partial charge in [0.1, 0.15) is 11.6 Å². The van der Waals surface area contributed by atoms with Crippen molar-refractivity contribution in [2.45, 2.75) is 32.6 Å². The summed E-state index contributed by atoms with van der Waals surface area (Å²) in [6.45, 7) is 4.37. The Balaban J connectivity index is 2.47. The van der Waals surface area contributed by atoms with E-state index in [2.05, 4.69) is 36.3 Å². The molecule has 0 saturated carbocycles. The summed E-state index contributed by atoms with van der Waals surface area (Å²) >= 11 is 0. The number of benzene rings is 1. The maximum absolute atomic E-state index is 4.74. The zero-order chi connectivity index (χ0) is 13.7. The van der Waals surface area contributed by atoms with Crippen LogP contribution < -0.4 is 5.32 Å². The first kappa shape index (κ1) is 13.5. The number of nitrogens with one attached hydrogen (secondary N) is 1. The number of aromatic nitrogens is 2. The van der Waals surface area contributed by atoms with Gasteiger partial charge in [-0.3, -0.25) is 0 Å². The van der Waals surface area contributed by atoms with Gasteiger partial charge in [0.25, 0.3) is 0 Å². The summed E-state index contributed by atoms with van der Waals surface area (Å²) in [6, 6.07) is 12.3. The molecule has 0 unspecified atom stereocenters. The summed E-state index contributed by atoms with van der Waals surface area (Å²) in [4.78, 5) is 9.34. The smallest absolute Gasteiger partial charge is 0.134 e. The van der Waals surface area contributed by atoms with Crippen molar-refractivity contribution in [1.29, 1.82) is 0 Å². The van der Waals surface area contributed by atoms with Crippen LogP contribution >= 0.6 is 0 Å². The molecule has 0 spiro atoms. The molecule has 0 radical (unpaired) electrons. The van der Waals surface area contributed by atoms with Crippen LogP contribution in [-0.2, 0) is 0 Å². The first-order valence-corrected chi connectivity index (χ1v) is 6.90. The molecule has 1 aromatic carbocycles. The van der Waals surface area contributed by atoms with Crippen LogP contribution in [0, 0.1) is 0 Å². The standard InChI is InChI=1S/C16H21N3/c1-4-12(5-2)16-18-14(11-15(17-3)19-16)13-9-7-6-8-10-13/h6-12H,4-5H2,1-3H3,(H,17,18,19). The van der Waals surface area contributed by atoms with Crippen LogP contribution in [0.1, 0.15) is 38.4 Å². The Kier molecular flexibility index (Phi) is 4.50. The fourth-order valence-corrected chi connectivity index (χ4v) is 2.19. The SMILES string of the molecule is CCC(CC)c1nc(NC)cc(-c2ccccc2)n1. The number of anilines is 1. The number of hydrogen-bond donors (Lipinski definition) is 1. The van der Waals surface area contributed by atoms with E-state index in [9.17, 15) is 0 Å². The highest BCUT2D eigenvalue weighted by atomic mass is 15.0. The summed E-state index contributed by atoms with van der Waals surface area (Å²) in [6.07, 6.45) is 2.13. The van der Waals surface area contributed by atoms with Crippen molar-refractivity contribution in [2.75, 3.05) is 12.4 Å². The molecule has 0 fully saturated rings. The first-order valence-electron chi connectivity index (χ1n) is 6.90. The maximum Gasteiger partial charge on any atom is 0.134 e. The normalized spacial score (nSPS) is 10.7. The van der Waals surface area contributed by atoms with Gasteiger partial charge in [0, 0.05) is 24.6 Å². The van der Waals surface area contributed by atoms with E-state index in [0.29, 0.717) is 5.92 Å². The molecule has 3 heteroatoms. The minimum Gasteiger partial charge on any atom is -0.373 e. The summed E-state index contributed by atoms with van der Waals surface area (Å²) < 4.78 is 0. The van der Waals surface area contributed by atoms with Crippen LogP contribution in [0.4, 0.5) is 5.82 Å². The Bertz CT molecular complexity index is 519. The summed E-state index contributed by atoms with van der Waals surface area (Å²) in [7, 11) is 1.90. The van der Waals surface area contributed by atoms with Crippen molar-refractivity contribution in [3.63, 3.8) is 0 Å². The lowest BCUT2D eigenvalue weighted by atomic mass is 10.0. The van der Waals surface area contributed by atoms with E-state index < -0.39 is 0 Å². The number of hydrogen-bond acceptors (Lipinski definition) is 3. The molecular weight excluding hydrogens is 234 g/mol. The van der Waals surface area contributed by atoms with Crippen molar-refractivity contribution in [3.05, 3.63) is 42.2 Å².